The van der Waals surface area contributed by atoms with Gasteiger partial charge in [-0.1, -0.05) is 26.8 Å². The molecule has 2 rings (SSSR count). The highest BCUT2D eigenvalue weighted by Gasteiger charge is 2.17. The third-order valence-electron chi connectivity index (χ3n) is 3.14. The molecule has 0 aliphatic rings. The SMILES string of the molecule is Cc1c(C(=O)O)[nH]c2ccc(C(C)(C)C)cc12. The summed E-state index contributed by atoms with van der Waals surface area (Å²) in [5, 5.41) is 10.1. The number of hydrogen-bond acceptors (Lipinski definition) is 1. The molecule has 0 unspecified atom stereocenters. The largest absolute Gasteiger partial charge is 0.477 e. The van der Waals surface area contributed by atoms with E-state index in [1.807, 2.05) is 19.1 Å². The standard InChI is InChI=1S/C14H17NO2/c1-8-10-7-9(14(2,3)4)5-6-11(10)15-12(8)13(16)17/h5-7,15H,1-4H3,(H,16,17). The molecule has 0 saturated heterocycles. The summed E-state index contributed by atoms with van der Waals surface area (Å²) in [4.78, 5) is 14.0. The van der Waals surface area contributed by atoms with Gasteiger partial charge in [0, 0.05) is 10.9 Å². The number of rotatable bonds is 1. The second-order valence-corrected chi connectivity index (χ2v) is 5.44. The van der Waals surface area contributed by atoms with Gasteiger partial charge in [-0.2, -0.15) is 0 Å². The Labute approximate surface area is 100 Å². The van der Waals surface area contributed by atoms with E-state index in [0.29, 0.717) is 0 Å². The van der Waals surface area contributed by atoms with Crippen molar-refractivity contribution in [2.24, 2.45) is 0 Å². The van der Waals surface area contributed by atoms with Gasteiger partial charge in [-0.3, -0.25) is 0 Å². The summed E-state index contributed by atoms with van der Waals surface area (Å²) >= 11 is 0. The first kappa shape index (κ1) is 11.7. The van der Waals surface area contributed by atoms with E-state index in [4.69, 9.17) is 5.11 Å². The molecule has 3 nitrogen and oxygen atoms in total. The molecule has 0 aliphatic heterocycles. The van der Waals surface area contributed by atoms with Crippen LogP contribution in [0.5, 0.6) is 0 Å². The second kappa shape index (κ2) is 3.62. The summed E-state index contributed by atoms with van der Waals surface area (Å²) in [6.07, 6.45) is 0. The molecular formula is C14H17NO2. The predicted octanol–water partition coefficient (Wildman–Crippen LogP) is 3.47. The number of aromatic nitrogens is 1. The summed E-state index contributed by atoms with van der Waals surface area (Å²) in [6, 6.07) is 6.08. The van der Waals surface area contributed by atoms with Crippen molar-refractivity contribution in [2.45, 2.75) is 33.1 Å². The summed E-state index contributed by atoms with van der Waals surface area (Å²) in [6.45, 7) is 8.28. The molecule has 0 radical (unpaired) electrons. The van der Waals surface area contributed by atoms with Crippen LogP contribution in [0, 0.1) is 6.92 Å². The number of carboxylic acid groups (broad SMARTS) is 1. The fourth-order valence-electron chi connectivity index (χ4n) is 2.01. The number of fused-ring (bicyclic) bond motifs is 1. The van der Waals surface area contributed by atoms with Gasteiger partial charge in [0.1, 0.15) is 5.69 Å². The topological polar surface area (TPSA) is 53.1 Å². The van der Waals surface area contributed by atoms with Gasteiger partial charge in [0.2, 0.25) is 0 Å². The fraction of sp³-hybridized carbons (Fsp3) is 0.357. The van der Waals surface area contributed by atoms with E-state index in [-0.39, 0.29) is 11.1 Å². The lowest BCUT2D eigenvalue weighted by molar-refractivity contribution is 0.0691. The Morgan fingerprint density at radius 1 is 1.29 bits per heavy atom. The van der Waals surface area contributed by atoms with Gasteiger partial charge in [-0.25, -0.2) is 4.79 Å². The van der Waals surface area contributed by atoms with Gasteiger partial charge in [-0.05, 0) is 35.6 Å². The molecule has 2 N–H and O–H groups in total. The minimum Gasteiger partial charge on any atom is -0.477 e. The molecule has 0 spiro atoms. The van der Waals surface area contributed by atoms with Crippen LogP contribution in [0.2, 0.25) is 0 Å². The van der Waals surface area contributed by atoms with Crippen molar-refractivity contribution in [3.8, 4) is 0 Å². The smallest absolute Gasteiger partial charge is 0.352 e. The first-order valence-corrected chi connectivity index (χ1v) is 5.67. The van der Waals surface area contributed by atoms with Gasteiger partial charge < -0.3 is 10.1 Å². The van der Waals surface area contributed by atoms with E-state index in [1.165, 1.54) is 5.56 Å². The van der Waals surface area contributed by atoms with Crippen molar-refractivity contribution in [3.05, 3.63) is 35.0 Å². The van der Waals surface area contributed by atoms with Crippen LogP contribution in [-0.2, 0) is 5.41 Å². The van der Waals surface area contributed by atoms with E-state index < -0.39 is 5.97 Å². The molecule has 1 aromatic carbocycles. The van der Waals surface area contributed by atoms with Crippen molar-refractivity contribution in [2.75, 3.05) is 0 Å². The van der Waals surface area contributed by atoms with Crippen LogP contribution >= 0.6 is 0 Å². The van der Waals surface area contributed by atoms with E-state index in [0.717, 1.165) is 16.5 Å². The number of nitrogens with one attached hydrogen (secondary N) is 1. The molecule has 2 aromatic rings. The summed E-state index contributed by atoms with van der Waals surface area (Å²) in [7, 11) is 0. The summed E-state index contributed by atoms with van der Waals surface area (Å²) < 4.78 is 0. The molecule has 1 aromatic heterocycles. The maximum atomic E-state index is 11.0. The molecule has 0 fully saturated rings. The van der Waals surface area contributed by atoms with E-state index in [1.54, 1.807) is 0 Å². The maximum Gasteiger partial charge on any atom is 0.352 e. The fourth-order valence-corrected chi connectivity index (χ4v) is 2.01. The molecular weight excluding hydrogens is 214 g/mol. The van der Waals surface area contributed by atoms with Crippen LogP contribution in [0.25, 0.3) is 10.9 Å². The van der Waals surface area contributed by atoms with Gasteiger partial charge in [-0.15, -0.1) is 0 Å². The molecule has 0 bridgehead atoms. The predicted molar refractivity (Wildman–Crippen MR) is 68.7 cm³/mol. The highest BCUT2D eigenvalue weighted by atomic mass is 16.4. The number of carboxylic acids is 1. The van der Waals surface area contributed by atoms with Gasteiger partial charge in [0.05, 0.1) is 0 Å². The van der Waals surface area contributed by atoms with E-state index >= 15 is 0 Å². The molecule has 0 saturated carbocycles. The van der Waals surface area contributed by atoms with Crippen molar-refractivity contribution < 1.29 is 9.90 Å². The second-order valence-electron chi connectivity index (χ2n) is 5.44. The van der Waals surface area contributed by atoms with Crippen molar-refractivity contribution >= 4 is 16.9 Å². The number of aromatic carboxylic acids is 1. The van der Waals surface area contributed by atoms with Gasteiger partial charge >= 0.3 is 5.97 Å². The third kappa shape index (κ3) is 1.93. The van der Waals surface area contributed by atoms with Crippen molar-refractivity contribution in [1.82, 2.24) is 4.98 Å². The Balaban J connectivity index is 2.70. The first-order chi connectivity index (χ1) is 7.80. The number of aromatic amines is 1. The zero-order valence-electron chi connectivity index (χ0n) is 10.6. The molecule has 0 atom stereocenters. The first-order valence-electron chi connectivity index (χ1n) is 5.67. The lowest BCUT2D eigenvalue weighted by Crippen LogP contribution is -2.10. The van der Waals surface area contributed by atoms with Crippen LogP contribution in [0.1, 0.15) is 42.4 Å². The summed E-state index contributed by atoms with van der Waals surface area (Å²) in [5.41, 5.74) is 3.25. The van der Waals surface area contributed by atoms with Crippen LogP contribution in [0.3, 0.4) is 0 Å². The van der Waals surface area contributed by atoms with Crippen LogP contribution in [0.15, 0.2) is 18.2 Å². The molecule has 0 amide bonds. The van der Waals surface area contributed by atoms with Crippen LogP contribution in [-0.4, -0.2) is 16.1 Å². The van der Waals surface area contributed by atoms with Crippen molar-refractivity contribution in [1.29, 1.82) is 0 Å². The Morgan fingerprint density at radius 2 is 1.94 bits per heavy atom. The number of H-pyrrole nitrogens is 1. The Hall–Kier alpha value is -1.77. The molecule has 17 heavy (non-hydrogen) atoms. The minimum absolute atomic E-state index is 0.0707. The zero-order chi connectivity index (χ0) is 12.8. The van der Waals surface area contributed by atoms with Gasteiger partial charge in [0.15, 0.2) is 0 Å². The Bertz CT molecular complexity index is 588. The number of hydrogen-bond donors (Lipinski definition) is 2. The van der Waals surface area contributed by atoms with Gasteiger partial charge in [0.25, 0.3) is 0 Å². The normalized spacial score (nSPS) is 12.0. The molecule has 0 aliphatic carbocycles. The third-order valence-corrected chi connectivity index (χ3v) is 3.14. The highest BCUT2D eigenvalue weighted by Crippen LogP contribution is 2.28. The van der Waals surface area contributed by atoms with Crippen molar-refractivity contribution in [3.63, 3.8) is 0 Å². The van der Waals surface area contributed by atoms with Crippen LogP contribution < -0.4 is 0 Å². The summed E-state index contributed by atoms with van der Waals surface area (Å²) in [5.74, 6) is -0.906. The number of carbonyl (C=O) groups is 1. The lowest BCUT2D eigenvalue weighted by Gasteiger charge is -2.18. The number of benzene rings is 1. The Kier molecular flexibility index (Phi) is 2.49. The van der Waals surface area contributed by atoms with E-state index in [2.05, 4.69) is 31.8 Å². The highest BCUT2D eigenvalue weighted by molar-refractivity contribution is 5.97. The Morgan fingerprint density at radius 3 is 2.47 bits per heavy atom. The van der Waals surface area contributed by atoms with E-state index in [9.17, 15) is 4.79 Å². The average Bonchev–Trinajstić information content (AvgIpc) is 2.54. The maximum absolute atomic E-state index is 11.0. The molecule has 3 heteroatoms. The minimum atomic E-state index is -0.906. The lowest BCUT2D eigenvalue weighted by atomic mass is 9.86. The number of aryl methyl sites for hydroxylation is 1. The molecule has 1 heterocycles. The monoisotopic (exact) mass is 231 g/mol. The average molecular weight is 231 g/mol. The zero-order valence-corrected chi connectivity index (χ0v) is 10.6. The quantitative estimate of drug-likeness (QED) is 0.789. The molecule has 90 valence electrons. The van der Waals surface area contributed by atoms with Crippen LogP contribution in [0.4, 0.5) is 0 Å².